The summed E-state index contributed by atoms with van der Waals surface area (Å²) in [7, 11) is 0. The summed E-state index contributed by atoms with van der Waals surface area (Å²) in [5.41, 5.74) is 3.53. The number of allylic oxidation sites excluding steroid dienone is 2. The molecule has 0 aromatic carbocycles. The SMILES string of the molecule is CC/C(CCC=O)=C1/CCC(C)C1(C)C. The molecule has 1 aliphatic rings. The van der Waals surface area contributed by atoms with Gasteiger partial charge in [0.15, 0.2) is 0 Å². The highest BCUT2D eigenvalue weighted by Crippen LogP contribution is 2.48. The molecule has 1 unspecified atom stereocenters. The lowest BCUT2D eigenvalue weighted by atomic mass is 9.77. The fourth-order valence-corrected chi connectivity index (χ4v) is 2.75. The van der Waals surface area contributed by atoms with Gasteiger partial charge in [-0.15, -0.1) is 0 Å². The van der Waals surface area contributed by atoms with Crippen LogP contribution in [0.1, 0.15) is 59.8 Å². The van der Waals surface area contributed by atoms with Crippen LogP contribution in [0.5, 0.6) is 0 Å². The van der Waals surface area contributed by atoms with E-state index in [0.717, 1.165) is 25.0 Å². The Morgan fingerprint density at radius 1 is 1.53 bits per heavy atom. The summed E-state index contributed by atoms with van der Waals surface area (Å²) >= 11 is 0. The van der Waals surface area contributed by atoms with Crippen LogP contribution in [0.4, 0.5) is 0 Å². The molecule has 0 aromatic heterocycles. The van der Waals surface area contributed by atoms with Crippen molar-refractivity contribution in [1.29, 1.82) is 0 Å². The summed E-state index contributed by atoms with van der Waals surface area (Å²) < 4.78 is 0. The summed E-state index contributed by atoms with van der Waals surface area (Å²) in [5.74, 6) is 0.783. The van der Waals surface area contributed by atoms with Gasteiger partial charge in [-0.05, 0) is 37.0 Å². The van der Waals surface area contributed by atoms with E-state index in [1.165, 1.54) is 18.4 Å². The van der Waals surface area contributed by atoms with Crippen molar-refractivity contribution in [3.8, 4) is 0 Å². The minimum Gasteiger partial charge on any atom is -0.303 e. The Morgan fingerprint density at radius 3 is 2.60 bits per heavy atom. The lowest BCUT2D eigenvalue weighted by molar-refractivity contribution is -0.107. The Hall–Kier alpha value is -0.590. The molecule has 1 rings (SSSR count). The van der Waals surface area contributed by atoms with Gasteiger partial charge in [-0.3, -0.25) is 0 Å². The highest BCUT2D eigenvalue weighted by atomic mass is 16.1. The minimum absolute atomic E-state index is 0.355. The number of aldehydes is 1. The Bertz CT molecular complexity index is 261. The van der Waals surface area contributed by atoms with Gasteiger partial charge in [-0.2, -0.15) is 0 Å². The van der Waals surface area contributed by atoms with E-state index < -0.39 is 0 Å². The molecule has 0 N–H and O–H groups in total. The van der Waals surface area contributed by atoms with Crippen molar-refractivity contribution in [2.45, 2.75) is 59.8 Å². The van der Waals surface area contributed by atoms with E-state index in [4.69, 9.17) is 0 Å². The molecule has 1 heteroatoms. The van der Waals surface area contributed by atoms with E-state index >= 15 is 0 Å². The third-order valence-corrected chi connectivity index (χ3v) is 4.25. The zero-order valence-electron chi connectivity index (χ0n) is 10.6. The summed E-state index contributed by atoms with van der Waals surface area (Å²) in [6.07, 6.45) is 6.38. The molecule has 15 heavy (non-hydrogen) atoms. The van der Waals surface area contributed by atoms with Crippen molar-refractivity contribution in [1.82, 2.24) is 0 Å². The minimum atomic E-state index is 0.355. The van der Waals surface area contributed by atoms with Crippen LogP contribution in [-0.4, -0.2) is 6.29 Å². The van der Waals surface area contributed by atoms with Gasteiger partial charge in [0, 0.05) is 6.42 Å². The van der Waals surface area contributed by atoms with Gasteiger partial charge in [-0.1, -0.05) is 38.8 Å². The van der Waals surface area contributed by atoms with E-state index in [0.29, 0.717) is 11.8 Å². The van der Waals surface area contributed by atoms with Crippen molar-refractivity contribution in [3.05, 3.63) is 11.1 Å². The maximum Gasteiger partial charge on any atom is 0.120 e. The second-order valence-electron chi connectivity index (χ2n) is 5.30. The molecule has 0 aliphatic heterocycles. The van der Waals surface area contributed by atoms with E-state index in [1.807, 2.05) is 0 Å². The Kier molecular flexibility index (Phi) is 4.12. The molecular formula is C14H24O. The molecule has 0 radical (unpaired) electrons. The number of hydrogen-bond acceptors (Lipinski definition) is 1. The molecule has 0 aromatic rings. The molecule has 0 heterocycles. The van der Waals surface area contributed by atoms with Crippen molar-refractivity contribution < 1.29 is 4.79 Å². The van der Waals surface area contributed by atoms with Gasteiger partial charge in [0.2, 0.25) is 0 Å². The maximum atomic E-state index is 10.4. The van der Waals surface area contributed by atoms with Crippen LogP contribution >= 0.6 is 0 Å². The van der Waals surface area contributed by atoms with E-state index in [2.05, 4.69) is 27.7 Å². The smallest absolute Gasteiger partial charge is 0.120 e. The Labute approximate surface area is 93.9 Å². The largest absolute Gasteiger partial charge is 0.303 e. The van der Waals surface area contributed by atoms with Gasteiger partial charge in [0.05, 0.1) is 0 Å². The number of carbonyl (C=O) groups excluding carboxylic acids is 1. The number of carbonyl (C=O) groups is 1. The second kappa shape index (κ2) is 4.96. The summed E-state index contributed by atoms with van der Waals surface area (Å²) in [4.78, 5) is 10.4. The predicted octanol–water partition coefficient (Wildman–Crippen LogP) is 4.13. The third kappa shape index (κ3) is 2.50. The fourth-order valence-electron chi connectivity index (χ4n) is 2.75. The van der Waals surface area contributed by atoms with Crippen molar-refractivity contribution in [2.24, 2.45) is 11.3 Å². The first-order valence-electron chi connectivity index (χ1n) is 6.19. The average molecular weight is 208 g/mol. The monoisotopic (exact) mass is 208 g/mol. The molecule has 1 saturated carbocycles. The van der Waals surface area contributed by atoms with Crippen molar-refractivity contribution in [3.63, 3.8) is 0 Å². The lowest BCUT2D eigenvalue weighted by Crippen LogP contribution is -2.17. The lowest BCUT2D eigenvalue weighted by Gasteiger charge is -2.28. The molecule has 1 nitrogen and oxygen atoms in total. The molecule has 1 aliphatic carbocycles. The summed E-state index contributed by atoms with van der Waals surface area (Å²) in [6, 6.07) is 0. The predicted molar refractivity (Wildman–Crippen MR) is 64.8 cm³/mol. The highest BCUT2D eigenvalue weighted by molar-refractivity contribution is 5.50. The highest BCUT2D eigenvalue weighted by Gasteiger charge is 2.36. The number of hydrogen-bond donors (Lipinski definition) is 0. The van der Waals surface area contributed by atoms with Gasteiger partial charge < -0.3 is 4.79 Å². The zero-order chi connectivity index (χ0) is 11.5. The Balaban J connectivity index is 2.90. The van der Waals surface area contributed by atoms with E-state index in [9.17, 15) is 4.79 Å². The average Bonchev–Trinajstić information content (AvgIpc) is 2.45. The van der Waals surface area contributed by atoms with Gasteiger partial charge in [0.25, 0.3) is 0 Å². The molecule has 1 fully saturated rings. The second-order valence-corrected chi connectivity index (χ2v) is 5.30. The molecule has 0 saturated heterocycles. The third-order valence-electron chi connectivity index (χ3n) is 4.25. The molecular weight excluding hydrogens is 184 g/mol. The van der Waals surface area contributed by atoms with Gasteiger partial charge in [0.1, 0.15) is 6.29 Å². The van der Waals surface area contributed by atoms with Crippen LogP contribution in [0.25, 0.3) is 0 Å². The Morgan fingerprint density at radius 2 is 2.20 bits per heavy atom. The normalized spacial score (nSPS) is 27.9. The van der Waals surface area contributed by atoms with Gasteiger partial charge in [-0.25, -0.2) is 0 Å². The molecule has 0 spiro atoms. The van der Waals surface area contributed by atoms with Crippen LogP contribution in [-0.2, 0) is 4.79 Å². The van der Waals surface area contributed by atoms with Crippen molar-refractivity contribution >= 4 is 6.29 Å². The fraction of sp³-hybridized carbons (Fsp3) is 0.786. The standard InChI is InChI=1S/C14H24O/c1-5-12(7-6-10-15)13-9-8-11(2)14(13,3)4/h10-11H,5-9H2,1-4H3/b13-12+. The number of rotatable bonds is 4. The van der Waals surface area contributed by atoms with Gasteiger partial charge >= 0.3 is 0 Å². The van der Waals surface area contributed by atoms with E-state index in [1.54, 1.807) is 5.57 Å². The van der Waals surface area contributed by atoms with Crippen LogP contribution in [0.15, 0.2) is 11.1 Å². The summed E-state index contributed by atoms with van der Waals surface area (Å²) in [6.45, 7) is 9.28. The van der Waals surface area contributed by atoms with Crippen LogP contribution < -0.4 is 0 Å². The topological polar surface area (TPSA) is 17.1 Å². The summed E-state index contributed by atoms with van der Waals surface area (Å²) in [5, 5.41) is 0. The molecule has 0 bridgehead atoms. The van der Waals surface area contributed by atoms with E-state index in [-0.39, 0.29) is 0 Å². The first-order chi connectivity index (χ1) is 7.04. The van der Waals surface area contributed by atoms with Crippen molar-refractivity contribution in [2.75, 3.05) is 0 Å². The first-order valence-corrected chi connectivity index (χ1v) is 6.19. The molecule has 1 atom stereocenters. The van der Waals surface area contributed by atoms with Crippen LogP contribution in [0.2, 0.25) is 0 Å². The zero-order valence-corrected chi connectivity index (χ0v) is 10.6. The molecule has 86 valence electrons. The van der Waals surface area contributed by atoms with Crippen LogP contribution in [0.3, 0.4) is 0 Å². The first kappa shape index (κ1) is 12.5. The van der Waals surface area contributed by atoms with Crippen LogP contribution in [0, 0.1) is 11.3 Å². The quantitative estimate of drug-likeness (QED) is 0.501. The molecule has 0 amide bonds. The maximum absolute atomic E-state index is 10.4.